The van der Waals surface area contributed by atoms with Crippen LogP contribution < -0.4 is 5.73 Å². The number of esters is 1. The van der Waals surface area contributed by atoms with Gasteiger partial charge < -0.3 is 10.5 Å². The molecule has 0 aliphatic rings. The SMILES string of the molecule is COC(=O)Cc1cc(C(F)F)c(CN)nc1F. The van der Waals surface area contributed by atoms with Crippen molar-refractivity contribution in [3.63, 3.8) is 0 Å². The molecule has 0 aliphatic heterocycles. The van der Waals surface area contributed by atoms with Gasteiger partial charge in [0.25, 0.3) is 6.43 Å². The number of carbonyl (C=O) groups excluding carboxylic acids is 1. The fourth-order valence-electron chi connectivity index (χ4n) is 1.29. The maximum absolute atomic E-state index is 13.4. The van der Waals surface area contributed by atoms with Crippen LogP contribution in [0.1, 0.15) is 23.2 Å². The van der Waals surface area contributed by atoms with Crippen molar-refractivity contribution < 1.29 is 22.7 Å². The van der Waals surface area contributed by atoms with Crippen LogP contribution in [0.2, 0.25) is 0 Å². The number of nitrogens with two attached hydrogens (primary N) is 1. The Morgan fingerprint density at radius 1 is 1.59 bits per heavy atom. The van der Waals surface area contributed by atoms with Crippen LogP contribution in [-0.2, 0) is 22.5 Å². The number of ether oxygens (including phenoxy) is 1. The highest BCUT2D eigenvalue weighted by atomic mass is 19.3. The molecule has 94 valence electrons. The molecule has 1 heterocycles. The van der Waals surface area contributed by atoms with Crippen LogP contribution in [0.5, 0.6) is 0 Å². The zero-order valence-corrected chi connectivity index (χ0v) is 9.04. The zero-order valence-electron chi connectivity index (χ0n) is 9.04. The molecule has 1 rings (SSSR count). The first kappa shape index (κ1) is 13.4. The molecular formula is C10H11F3N2O2. The molecule has 0 aromatic carbocycles. The molecule has 0 saturated carbocycles. The highest BCUT2D eigenvalue weighted by Gasteiger charge is 2.19. The topological polar surface area (TPSA) is 65.2 Å². The molecule has 0 unspecified atom stereocenters. The van der Waals surface area contributed by atoms with E-state index in [1.54, 1.807) is 0 Å². The Labute approximate surface area is 95.6 Å². The van der Waals surface area contributed by atoms with Gasteiger partial charge in [-0.2, -0.15) is 4.39 Å². The summed E-state index contributed by atoms with van der Waals surface area (Å²) in [7, 11) is 1.12. The first-order valence-electron chi connectivity index (χ1n) is 4.72. The van der Waals surface area contributed by atoms with Crippen LogP contribution in [0.3, 0.4) is 0 Å². The largest absolute Gasteiger partial charge is 0.469 e. The molecule has 4 nitrogen and oxygen atoms in total. The zero-order chi connectivity index (χ0) is 13.0. The lowest BCUT2D eigenvalue weighted by atomic mass is 10.1. The quantitative estimate of drug-likeness (QED) is 0.645. The third kappa shape index (κ3) is 3.16. The van der Waals surface area contributed by atoms with Gasteiger partial charge in [0.2, 0.25) is 5.95 Å². The number of alkyl halides is 2. The van der Waals surface area contributed by atoms with E-state index in [0.717, 1.165) is 13.2 Å². The smallest absolute Gasteiger partial charge is 0.310 e. The van der Waals surface area contributed by atoms with Gasteiger partial charge in [-0.1, -0.05) is 0 Å². The van der Waals surface area contributed by atoms with Crippen molar-refractivity contribution in [3.05, 3.63) is 28.8 Å². The average Bonchev–Trinajstić information content (AvgIpc) is 2.30. The molecule has 0 aliphatic carbocycles. The lowest BCUT2D eigenvalue weighted by Crippen LogP contribution is -2.12. The van der Waals surface area contributed by atoms with E-state index in [1.165, 1.54) is 0 Å². The monoisotopic (exact) mass is 248 g/mol. The second-order valence-corrected chi connectivity index (χ2v) is 3.23. The first-order valence-corrected chi connectivity index (χ1v) is 4.72. The van der Waals surface area contributed by atoms with Crippen molar-refractivity contribution in [1.82, 2.24) is 4.98 Å². The van der Waals surface area contributed by atoms with Gasteiger partial charge in [0.05, 0.1) is 19.2 Å². The molecule has 0 saturated heterocycles. The number of pyridine rings is 1. The summed E-state index contributed by atoms with van der Waals surface area (Å²) in [6.07, 6.45) is -3.27. The Morgan fingerprint density at radius 3 is 2.71 bits per heavy atom. The van der Waals surface area contributed by atoms with Crippen LogP contribution >= 0.6 is 0 Å². The summed E-state index contributed by atoms with van der Waals surface area (Å²) in [5.41, 5.74) is 4.27. The molecule has 17 heavy (non-hydrogen) atoms. The number of hydrogen-bond donors (Lipinski definition) is 1. The van der Waals surface area contributed by atoms with Gasteiger partial charge in [-0.05, 0) is 6.07 Å². The van der Waals surface area contributed by atoms with Crippen molar-refractivity contribution in [2.75, 3.05) is 7.11 Å². The molecule has 0 radical (unpaired) electrons. The third-order valence-electron chi connectivity index (χ3n) is 2.15. The van der Waals surface area contributed by atoms with Gasteiger partial charge in [0, 0.05) is 17.7 Å². The van der Waals surface area contributed by atoms with Crippen LogP contribution in [-0.4, -0.2) is 18.1 Å². The Balaban J connectivity index is 3.15. The second kappa shape index (κ2) is 5.62. The van der Waals surface area contributed by atoms with E-state index >= 15 is 0 Å². The number of carbonyl (C=O) groups is 1. The molecule has 0 atom stereocenters. The van der Waals surface area contributed by atoms with E-state index in [1.807, 2.05) is 0 Å². The number of rotatable bonds is 4. The van der Waals surface area contributed by atoms with Crippen molar-refractivity contribution in [2.24, 2.45) is 5.73 Å². The van der Waals surface area contributed by atoms with Gasteiger partial charge >= 0.3 is 5.97 Å². The van der Waals surface area contributed by atoms with E-state index in [0.29, 0.717) is 0 Å². The predicted octanol–water partition coefficient (Wildman–Crippen LogP) is 1.33. The number of nitrogens with zero attached hydrogens (tertiary/aromatic N) is 1. The molecule has 0 spiro atoms. The van der Waals surface area contributed by atoms with E-state index in [2.05, 4.69) is 9.72 Å². The fourth-order valence-corrected chi connectivity index (χ4v) is 1.29. The van der Waals surface area contributed by atoms with Crippen LogP contribution in [0.25, 0.3) is 0 Å². The van der Waals surface area contributed by atoms with E-state index in [-0.39, 0.29) is 17.8 Å². The van der Waals surface area contributed by atoms with Crippen LogP contribution in [0.15, 0.2) is 6.07 Å². The molecule has 1 aromatic rings. The van der Waals surface area contributed by atoms with Crippen molar-refractivity contribution in [2.45, 2.75) is 19.4 Å². The standard InChI is InChI=1S/C10H11F3N2O2/c1-17-8(16)3-5-2-6(9(11)12)7(4-14)15-10(5)13/h2,9H,3-4,14H2,1H3. The Morgan fingerprint density at radius 2 is 2.24 bits per heavy atom. The highest BCUT2D eigenvalue weighted by molar-refractivity contribution is 5.72. The van der Waals surface area contributed by atoms with Gasteiger partial charge in [-0.15, -0.1) is 0 Å². The third-order valence-corrected chi connectivity index (χ3v) is 2.15. The minimum atomic E-state index is -2.82. The summed E-state index contributed by atoms with van der Waals surface area (Å²) in [5.74, 6) is -1.72. The van der Waals surface area contributed by atoms with Gasteiger partial charge in [-0.25, -0.2) is 13.8 Å². The fraction of sp³-hybridized carbons (Fsp3) is 0.400. The predicted molar refractivity (Wildman–Crippen MR) is 52.8 cm³/mol. The summed E-state index contributed by atoms with van der Waals surface area (Å²) in [5, 5.41) is 0. The minimum absolute atomic E-state index is 0.217. The summed E-state index contributed by atoms with van der Waals surface area (Å²) < 4.78 is 42.9. The van der Waals surface area contributed by atoms with Crippen LogP contribution in [0.4, 0.5) is 13.2 Å². The number of aromatic nitrogens is 1. The average molecular weight is 248 g/mol. The number of halogens is 3. The van der Waals surface area contributed by atoms with Gasteiger partial charge in [-0.3, -0.25) is 4.79 Å². The summed E-state index contributed by atoms with van der Waals surface area (Å²) in [4.78, 5) is 14.3. The summed E-state index contributed by atoms with van der Waals surface area (Å²) in [6.45, 7) is -0.297. The van der Waals surface area contributed by atoms with E-state index < -0.39 is 30.3 Å². The van der Waals surface area contributed by atoms with Gasteiger partial charge in [0.1, 0.15) is 0 Å². The molecule has 0 amide bonds. The van der Waals surface area contributed by atoms with Crippen molar-refractivity contribution >= 4 is 5.97 Å². The van der Waals surface area contributed by atoms with E-state index in [9.17, 15) is 18.0 Å². The number of hydrogen-bond acceptors (Lipinski definition) is 4. The molecule has 0 bridgehead atoms. The molecule has 1 aromatic heterocycles. The molecule has 7 heteroatoms. The van der Waals surface area contributed by atoms with Crippen LogP contribution in [0, 0.1) is 5.95 Å². The Bertz CT molecular complexity index is 424. The van der Waals surface area contributed by atoms with E-state index in [4.69, 9.17) is 5.73 Å². The highest BCUT2D eigenvalue weighted by Crippen LogP contribution is 2.24. The molecular weight excluding hydrogens is 237 g/mol. The van der Waals surface area contributed by atoms with Gasteiger partial charge in [0.15, 0.2) is 0 Å². The molecule has 0 fully saturated rings. The van der Waals surface area contributed by atoms with Crippen molar-refractivity contribution in [3.8, 4) is 0 Å². The Hall–Kier alpha value is -1.63. The number of methoxy groups -OCH3 is 1. The maximum atomic E-state index is 13.4. The summed E-state index contributed by atoms with van der Waals surface area (Å²) >= 11 is 0. The molecule has 2 N–H and O–H groups in total. The maximum Gasteiger partial charge on any atom is 0.310 e. The lowest BCUT2D eigenvalue weighted by molar-refractivity contribution is -0.139. The first-order chi connectivity index (χ1) is 7.99. The Kier molecular flexibility index (Phi) is 4.45. The van der Waals surface area contributed by atoms with Crippen molar-refractivity contribution in [1.29, 1.82) is 0 Å². The lowest BCUT2D eigenvalue weighted by Gasteiger charge is -2.09. The minimum Gasteiger partial charge on any atom is -0.469 e. The summed E-state index contributed by atoms with van der Waals surface area (Å²) in [6, 6.07) is 0.895. The normalized spacial score (nSPS) is 10.7. The second-order valence-electron chi connectivity index (χ2n) is 3.23.